The van der Waals surface area contributed by atoms with Crippen LogP contribution in [0.5, 0.6) is 0 Å². The van der Waals surface area contributed by atoms with Crippen LogP contribution in [0.4, 0.5) is 0 Å². The third-order valence-corrected chi connectivity index (χ3v) is 1.97. The van der Waals surface area contributed by atoms with Gasteiger partial charge in [-0.2, -0.15) is 5.10 Å². The largest absolute Gasteiger partial charge is 0.480 e. The van der Waals surface area contributed by atoms with E-state index < -0.39 is 12.0 Å². The van der Waals surface area contributed by atoms with Gasteiger partial charge in [0.05, 0.1) is 5.69 Å². The summed E-state index contributed by atoms with van der Waals surface area (Å²) >= 11 is 0. The summed E-state index contributed by atoms with van der Waals surface area (Å²) in [7, 11) is 1.86. The maximum absolute atomic E-state index is 10.5. The number of aromatic nitrogens is 2. The Kier molecular flexibility index (Phi) is 3.64. The fourth-order valence-electron chi connectivity index (χ4n) is 1.10. The third kappa shape index (κ3) is 3.18. The molecule has 0 amide bonds. The average molecular weight is 197 g/mol. The maximum atomic E-state index is 10.5. The van der Waals surface area contributed by atoms with Crippen LogP contribution in [0.1, 0.15) is 12.6 Å². The summed E-state index contributed by atoms with van der Waals surface area (Å²) < 4.78 is 1.73. The summed E-state index contributed by atoms with van der Waals surface area (Å²) in [5.41, 5.74) is 0.970. The molecule has 0 fully saturated rings. The van der Waals surface area contributed by atoms with E-state index in [0.717, 1.165) is 12.1 Å². The van der Waals surface area contributed by atoms with E-state index in [0.29, 0.717) is 6.54 Å². The lowest BCUT2D eigenvalue weighted by molar-refractivity contribution is -0.138. The number of nitrogens with one attached hydrogen (secondary N) is 1. The van der Waals surface area contributed by atoms with Gasteiger partial charge < -0.3 is 10.4 Å². The van der Waals surface area contributed by atoms with Crippen molar-refractivity contribution in [2.75, 3.05) is 6.54 Å². The van der Waals surface area contributed by atoms with Crippen molar-refractivity contribution in [3.8, 4) is 0 Å². The number of hydrogen-bond donors (Lipinski definition) is 2. The van der Waals surface area contributed by atoms with Crippen molar-refractivity contribution in [3.05, 3.63) is 18.0 Å². The van der Waals surface area contributed by atoms with Crippen molar-refractivity contribution in [1.82, 2.24) is 15.1 Å². The monoisotopic (exact) mass is 197 g/mol. The first-order chi connectivity index (χ1) is 6.59. The van der Waals surface area contributed by atoms with Gasteiger partial charge in [0.25, 0.3) is 0 Å². The van der Waals surface area contributed by atoms with Crippen LogP contribution in [0.25, 0.3) is 0 Å². The molecule has 0 aliphatic heterocycles. The third-order valence-electron chi connectivity index (χ3n) is 1.97. The second kappa shape index (κ2) is 4.76. The molecule has 0 aliphatic carbocycles. The summed E-state index contributed by atoms with van der Waals surface area (Å²) in [4.78, 5) is 10.5. The van der Waals surface area contributed by atoms with E-state index in [9.17, 15) is 4.79 Å². The highest BCUT2D eigenvalue weighted by Crippen LogP contribution is 1.94. The molecule has 1 aromatic heterocycles. The quantitative estimate of drug-likeness (QED) is 0.698. The highest BCUT2D eigenvalue weighted by atomic mass is 16.4. The molecule has 0 aromatic carbocycles. The molecular weight excluding hydrogens is 182 g/mol. The van der Waals surface area contributed by atoms with Crippen molar-refractivity contribution in [3.63, 3.8) is 0 Å². The highest BCUT2D eigenvalue weighted by molar-refractivity contribution is 5.72. The minimum atomic E-state index is -0.828. The molecule has 5 nitrogen and oxygen atoms in total. The number of carbonyl (C=O) groups is 1. The van der Waals surface area contributed by atoms with Crippen molar-refractivity contribution in [2.45, 2.75) is 19.4 Å². The normalized spacial score (nSPS) is 12.7. The van der Waals surface area contributed by atoms with E-state index in [1.165, 1.54) is 0 Å². The summed E-state index contributed by atoms with van der Waals surface area (Å²) in [6.45, 7) is 2.26. The van der Waals surface area contributed by atoms with E-state index in [2.05, 4.69) is 10.4 Å². The van der Waals surface area contributed by atoms with Crippen LogP contribution in [-0.4, -0.2) is 33.4 Å². The molecule has 1 atom stereocenters. The van der Waals surface area contributed by atoms with Crippen molar-refractivity contribution in [2.24, 2.45) is 7.05 Å². The molecule has 0 spiro atoms. The standard InChI is InChI=1S/C9H15N3O2/c1-7(9(13)14)10-5-3-8-4-6-12(2)11-8/h4,6-7,10H,3,5H2,1-2H3,(H,13,14). The number of hydrogen-bond acceptors (Lipinski definition) is 3. The number of carboxylic acid groups (broad SMARTS) is 1. The zero-order valence-electron chi connectivity index (χ0n) is 8.40. The van der Waals surface area contributed by atoms with Crippen LogP contribution in [0.3, 0.4) is 0 Å². The van der Waals surface area contributed by atoms with E-state index in [1.807, 2.05) is 19.3 Å². The Balaban J connectivity index is 2.25. The van der Waals surface area contributed by atoms with Crippen LogP contribution in [-0.2, 0) is 18.3 Å². The molecule has 0 saturated heterocycles. The molecule has 0 saturated carbocycles. The lowest BCUT2D eigenvalue weighted by Gasteiger charge is -2.07. The second-order valence-corrected chi connectivity index (χ2v) is 3.24. The van der Waals surface area contributed by atoms with Crippen molar-refractivity contribution >= 4 is 5.97 Å². The summed E-state index contributed by atoms with van der Waals surface area (Å²) in [6.07, 6.45) is 2.62. The summed E-state index contributed by atoms with van der Waals surface area (Å²) in [6, 6.07) is 1.42. The average Bonchev–Trinajstić information content (AvgIpc) is 2.51. The molecule has 78 valence electrons. The Morgan fingerprint density at radius 2 is 2.50 bits per heavy atom. The summed E-state index contributed by atoms with van der Waals surface area (Å²) in [5.74, 6) is -0.828. The number of nitrogens with zero attached hydrogens (tertiary/aromatic N) is 2. The highest BCUT2D eigenvalue weighted by Gasteiger charge is 2.08. The van der Waals surface area contributed by atoms with Gasteiger partial charge in [0.15, 0.2) is 0 Å². The van der Waals surface area contributed by atoms with Crippen LogP contribution in [0, 0.1) is 0 Å². The van der Waals surface area contributed by atoms with Crippen molar-refractivity contribution < 1.29 is 9.90 Å². The fraction of sp³-hybridized carbons (Fsp3) is 0.556. The van der Waals surface area contributed by atoms with Gasteiger partial charge in [-0.3, -0.25) is 9.48 Å². The molecule has 14 heavy (non-hydrogen) atoms. The predicted molar refractivity (Wildman–Crippen MR) is 52.0 cm³/mol. The Labute approximate surface area is 82.7 Å². The minimum Gasteiger partial charge on any atom is -0.480 e. The number of aryl methyl sites for hydroxylation is 1. The lowest BCUT2D eigenvalue weighted by atomic mass is 10.3. The number of aliphatic carboxylic acids is 1. The van der Waals surface area contributed by atoms with Gasteiger partial charge in [0.1, 0.15) is 6.04 Å². The van der Waals surface area contributed by atoms with Crippen LogP contribution in [0.2, 0.25) is 0 Å². The van der Waals surface area contributed by atoms with Crippen molar-refractivity contribution in [1.29, 1.82) is 0 Å². The SMILES string of the molecule is CC(NCCc1ccn(C)n1)C(=O)O. The minimum absolute atomic E-state index is 0.501. The number of rotatable bonds is 5. The Morgan fingerprint density at radius 3 is 3.00 bits per heavy atom. The Morgan fingerprint density at radius 1 is 1.79 bits per heavy atom. The molecule has 0 radical (unpaired) electrons. The Bertz CT molecular complexity index is 309. The molecular formula is C9H15N3O2. The van der Waals surface area contributed by atoms with E-state index in [4.69, 9.17) is 5.11 Å². The first-order valence-electron chi connectivity index (χ1n) is 4.54. The van der Waals surface area contributed by atoms with Gasteiger partial charge in [0, 0.05) is 26.2 Å². The topological polar surface area (TPSA) is 67.2 Å². The molecule has 1 unspecified atom stereocenters. The van der Waals surface area contributed by atoms with E-state index >= 15 is 0 Å². The van der Waals surface area contributed by atoms with Crippen LogP contribution < -0.4 is 5.32 Å². The Hall–Kier alpha value is -1.36. The molecule has 0 bridgehead atoms. The van der Waals surface area contributed by atoms with Gasteiger partial charge in [-0.15, -0.1) is 0 Å². The first kappa shape index (κ1) is 10.7. The number of carboxylic acids is 1. The lowest BCUT2D eigenvalue weighted by Crippen LogP contribution is -2.35. The van der Waals surface area contributed by atoms with Crippen LogP contribution >= 0.6 is 0 Å². The van der Waals surface area contributed by atoms with E-state index in [-0.39, 0.29) is 0 Å². The maximum Gasteiger partial charge on any atom is 0.320 e. The first-order valence-corrected chi connectivity index (χ1v) is 4.54. The van der Waals surface area contributed by atoms with Crippen LogP contribution in [0.15, 0.2) is 12.3 Å². The summed E-state index contributed by atoms with van der Waals surface area (Å²) in [5, 5.41) is 15.7. The zero-order chi connectivity index (χ0) is 10.6. The molecule has 5 heteroatoms. The van der Waals surface area contributed by atoms with Gasteiger partial charge in [0.2, 0.25) is 0 Å². The smallest absolute Gasteiger partial charge is 0.320 e. The molecule has 2 N–H and O–H groups in total. The fourth-order valence-corrected chi connectivity index (χ4v) is 1.10. The van der Waals surface area contributed by atoms with Gasteiger partial charge in [-0.1, -0.05) is 0 Å². The molecule has 1 rings (SSSR count). The van der Waals surface area contributed by atoms with Gasteiger partial charge >= 0.3 is 5.97 Å². The second-order valence-electron chi connectivity index (χ2n) is 3.24. The molecule has 0 aliphatic rings. The molecule has 1 heterocycles. The van der Waals surface area contributed by atoms with Gasteiger partial charge in [-0.25, -0.2) is 0 Å². The zero-order valence-corrected chi connectivity index (χ0v) is 8.40. The predicted octanol–water partition coefficient (Wildman–Crippen LogP) is 0.0253. The van der Waals surface area contributed by atoms with Gasteiger partial charge in [-0.05, 0) is 13.0 Å². The van der Waals surface area contributed by atoms with E-state index in [1.54, 1.807) is 11.6 Å². The molecule has 1 aromatic rings.